The van der Waals surface area contributed by atoms with E-state index >= 15 is 0 Å². The first-order chi connectivity index (χ1) is 12.9. The van der Waals surface area contributed by atoms with E-state index in [-0.39, 0.29) is 17.9 Å². The van der Waals surface area contributed by atoms with Gasteiger partial charge in [0.05, 0.1) is 12.7 Å². The fraction of sp³-hybridized carbons (Fsp3) is 0.250. The number of alkyl halides is 2. The molecule has 0 aliphatic heterocycles. The van der Waals surface area contributed by atoms with Crippen molar-refractivity contribution in [1.29, 1.82) is 0 Å². The maximum atomic E-state index is 12.4. The molecule has 0 saturated heterocycles. The van der Waals surface area contributed by atoms with Crippen molar-refractivity contribution in [3.05, 3.63) is 65.4 Å². The van der Waals surface area contributed by atoms with E-state index in [1.54, 1.807) is 36.4 Å². The Morgan fingerprint density at radius 2 is 1.93 bits per heavy atom. The molecular formula is C20H21F2NO4. The lowest BCUT2D eigenvalue weighted by atomic mass is 10.0. The van der Waals surface area contributed by atoms with E-state index < -0.39 is 12.5 Å². The lowest BCUT2D eigenvalue weighted by molar-refractivity contribution is -0.116. The van der Waals surface area contributed by atoms with Crippen LogP contribution in [-0.2, 0) is 16.0 Å². The zero-order valence-corrected chi connectivity index (χ0v) is 15.0. The van der Waals surface area contributed by atoms with Crippen LogP contribution in [0.25, 0.3) is 5.57 Å². The Balaban J connectivity index is 2.05. The zero-order chi connectivity index (χ0) is 19.8. The molecule has 0 heterocycles. The number of carbonyl (C=O) groups is 1. The number of hydrogen-bond acceptors (Lipinski definition) is 4. The van der Waals surface area contributed by atoms with E-state index in [0.717, 1.165) is 17.4 Å². The minimum absolute atomic E-state index is 0.0126. The number of aryl methyl sites for hydroxylation is 1. The van der Waals surface area contributed by atoms with Gasteiger partial charge in [-0.05, 0) is 36.6 Å². The van der Waals surface area contributed by atoms with Gasteiger partial charge in [0.1, 0.15) is 6.26 Å². The van der Waals surface area contributed by atoms with Crippen LogP contribution in [0.5, 0.6) is 11.5 Å². The number of nitrogens with one attached hydrogen (secondary N) is 1. The van der Waals surface area contributed by atoms with Crippen LogP contribution < -0.4 is 10.1 Å². The number of hydrogen-bond donors (Lipinski definition) is 2. The normalized spacial score (nSPS) is 11.4. The molecule has 1 amide bonds. The van der Waals surface area contributed by atoms with Crippen molar-refractivity contribution < 1.29 is 28.2 Å². The van der Waals surface area contributed by atoms with Gasteiger partial charge in [-0.15, -0.1) is 0 Å². The van der Waals surface area contributed by atoms with Crippen LogP contribution >= 0.6 is 0 Å². The molecule has 5 nitrogen and oxygen atoms in total. The maximum Gasteiger partial charge on any atom is 0.386 e. The van der Waals surface area contributed by atoms with Crippen LogP contribution in [0, 0.1) is 6.92 Å². The number of methoxy groups -OCH3 is 1. The van der Waals surface area contributed by atoms with Crippen molar-refractivity contribution >= 4 is 11.5 Å². The Bertz CT molecular complexity index is 804. The number of carbonyl (C=O) groups excluding carboxylic acids is 1. The fourth-order valence-corrected chi connectivity index (χ4v) is 2.40. The number of ether oxygens (including phenoxy) is 2. The number of amides is 1. The molecule has 0 aromatic heterocycles. The summed E-state index contributed by atoms with van der Waals surface area (Å²) in [7, 11) is 1.45. The minimum atomic E-state index is -3.01. The van der Waals surface area contributed by atoms with Gasteiger partial charge in [0, 0.05) is 6.54 Å². The topological polar surface area (TPSA) is 67.8 Å². The van der Waals surface area contributed by atoms with Gasteiger partial charge in [-0.2, -0.15) is 8.78 Å². The highest BCUT2D eigenvalue weighted by molar-refractivity contribution is 6.19. The molecule has 0 radical (unpaired) electrons. The molecule has 0 aliphatic carbocycles. The quantitative estimate of drug-likeness (QED) is 0.544. The summed E-state index contributed by atoms with van der Waals surface area (Å²) in [6, 6.07) is 11.8. The zero-order valence-electron chi connectivity index (χ0n) is 15.0. The van der Waals surface area contributed by atoms with Crippen LogP contribution in [0.2, 0.25) is 0 Å². The number of phenolic OH excluding ortho intramolecular Hbond substituents is 1. The number of phenols is 1. The molecule has 27 heavy (non-hydrogen) atoms. The Morgan fingerprint density at radius 3 is 2.56 bits per heavy atom. The molecule has 2 aromatic rings. The number of halogens is 2. The molecular weight excluding hydrogens is 356 g/mol. The van der Waals surface area contributed by atoms with Crippen molar-refractivity contribution in [3.63, 3.8) is 0 Å². The SMILES string of the molecule is COc1cc(CCNC(=O)/C(=C/OC(F)F)c2ccc(C)cc2)ccc1O. The van der Waals surface area contributed by atoms with Crippen LogP contribution in [0.3, 0.4) is 0 Å². The van der Waals surface area contributed by atoms with Gasteiger partial charge in [0.2, 0.25) is 0 Å². The van der Waals surface area contributed by atoms with E-state index in [4.69, 9.17) is 4.74 Å². The molecule has 0 unspecified atom stereocenters. The van der Waals surface area contributed by atoms with E-state index in [0.29, 0.717) is 17.7 Å². The average Bonchev–Trinajstić information content (AvgIpc) is 2.64. The number of aromatic hydroxyl groups is 1. The van der Waals surface area contributed by atoms with Gasteiger partial charge < -0.3 is 19.9 Å². The molecule has 0 atom stereocenters. The van der Waals surface area contributed by atoms with Crippen molar-refractivity contribution in [2.24, 2.45) is 0 Å². The van der Waals surface area contributed by atoms with Gasteiger partial charge in [0.25, 0.3) is 5.91 Å². The second kappa shape index (κ2) is 9.56. The highest BCUT2D eigenvalue weighted by Crippen LogP contribution is 2.26. The maximum absolute atomic E-state index is 12.4. The number of rotatable bonds is 8. The summed E-state index contributed by atoms with van der Waals surface area (Å²) in [6.07, 6.45) is 1.24. The Hall–Kier alpha value is -3.09. The van der Waals surface area contributed by atoms with Crippen molar-refractivity contribution in [1.82, 2.24) is 5.32 Å². The first-order valence-corrected chi connectivity index (χ1v) is 8.25. The highest BCUT2D eigenvalue weighted by Gasteiger charge is 2.14. The van der Waals surface area contributed by atoms with Gasteiger partial charge in [-0.3, -0.25) is 4.79 Å². The lowest BCUT2D eigenvalue weighted by Crippen LogP contribution is -2.26. The molecule has 2 aromatic carbocycles. The largest absolute Gasteiger partial charge is 0.504 e. The summed E-state index contributed by atoms with van der Waals surface area (Å²) >= 11 is 0. The predicted octanol–water partition coefficient (Wildman–Crippen LogP) is 3.65. The summed E-state index contributed by atoms with van der Waals surface area (Å²) in [4.78, 5) is 12.4. The van der Waals surface area contributed by atoms with Gasteiger partial charge >= 0.3 is 6.61 Å². The van der Waals surface area contributed by atoms with Crippen LogP contribution in [0.1, 0.15) is 16.7 Å². The van der Waals surface area contributed by atoms with E-state index in [2.05, 4.69) is 10.1 Å². The summed E-state index contributed by atoms with van der Waals surface area (Å²) in [5, 5.41) is 12.3. The fourth-order valence-electron chi connectivity index (χ4n) is 2.40. The third kappa shape index (κ3) is 5.99. The average molecular weight is 377 g/mol. The summed E-state index contributed by atoms with van der Waals surface area (Å²) in [5.41, 5.74) is 2.31. The standard InChI is InChI=1S/C20H21F2NO4/c1-13-3-6-15(7-4-13)16(12-27-20(21)22)19(25)23-10-9-14-5-8-17(24)18(11-14)26-2/h3-8,11-12,20,24H,9-10H2,1-2H3,(H,23,25)/b16-12+. The molecule has 0 fully saturated rings. The molecule has 2 rings (SSSR count). The first kappa shape index (κ1) is 20.2. The second-order valence-electron chi connectivity index (χ2n) is 5.81. The third-order valence-corrected chi connectivity index (χ3v) is 3.84. The predicted molar refractivity (Wildman–Crippen MR) is 97.6 cm³/mol. The molecule has 2 N–H and O–H groups in total. The molecule has 0 spiro atoms. The molecule has 0 aliphatic rings. The Kier molecular flexibility index (Phi) is 7.16. The smallest absolute Gasteiger partial charge is 0.386 e. The number of benzene rings is 2. The minimum Gasteiger partial charge on any atom is -0.504 e. The van der Waals surface area contributed by atoms with Gasteiger partial charge in [-0.25, -0.2) is 0 Å². The first-order valence-electron chi connectivity index (χ1n) is 8.25. The molecule has 0 bridgehead atoms. The van der Waals surface area contributed by atoms with E-state index in [9.17, 15) is 18.7 Å². The van der Waals surface area contributed by atoms with Crippen molar-refractivity contribution in [2.75, 3.05) is 13.7 Å². The van der Waals surface area contributed by atoms with Gasteiger partial charge in [0.15, 0.2) is 11.5 Å². The monoisotopic (exact) mass is 377 g/mol. The van der Waals surface area contributed by atoms with E-state index in [1.807, 2.05) is 6.92 Å². The third-order valence-electron chi connectivity index (χ3n) is 3.84. The van der Waals surface area contributed by atoms with E-state index in [1.165, 1.54) is 13.2 Å². The van der Waals surface area contributed by atoms with Gasteiger partial charge in [-0.1, -0.05) is 35.9 Å². The van der Waals surface area contributed by atoms with Crippen molar-refractivity contribution in [2.45, 2.75) is 20.0 Å². The summed E-state index contributed by atoms with van der Waals surface area (Å²) in [6.45, 7) is -0.859. The molecule has 7 heteroatoms. The highest BCUT2D eigenvalue weighted by atomic mass is 19.3. The van der Waals surface area contributed by atoms with Crippen LogP contribution in [0.4, 0.5) is 8.78 Å². The Labute approximate surface area is 156 Å². The van der Waals surface area contributed by atoms with Crippen molar-refractivity contribution in [3.8, 4) is 11.5 Å². The van der Waals surface area contributed by atoms with Crippen LogP contribution in [-0.4, -0.2) is 31.3 Å². The second-order valence-corrected chi connectivity index (χ2v) is 5.81. The molecule has 144 valence electrons. The van der Waals surface area contributed by atoms with Crippen LogP contribution in [0.15, 0.2) is 48.7 Å². The molecule has 0 saturated carbocycles. The Morgan fingerprint density at radius 1 is 1.22 bits per heavy atom. The summed E-state index contributed by atoms with van der Waals surface area (Å²) < 4.78 is 34.0. The lowest BCUT2D eigenvalue weighted by Gasteiger charge is -2.11. The summed E-state index contributed by atoms with van der Waals surface area (Å²) in [5.74, 6) is -0.159.